The van der Waals surface area contributed by atoms with Crippen LogP contribution in [0.15, 0.2) is 36.0 Å². The maximum absolute atomic E-state index is 13.5. The van der Waals surface area contributed by atoms with Gasteiger partial charge in [0, 0.05) is 36.5 Å². The van der Waals surface area contributed by atoms with Crippen molar-refractivity contribution >= 4 is 17.3 Å². The molecule has 7 atom stereocenters. The van der Waals surface area contributed by atoms with E-state index in [1.807, 2.05) is 6.08 Å². The van der Waals surface area contributed by atoms with Gasteiger partial charge in [-0.3, -0.25) is 14.4 Å². The number of hydrogen-bond acceptors (Lipinski definition) is 4. The molecule has 44 heavy (non-hydrogen) atoms. The zero-order valence-corrected chi connectivity index (χ0v) is 28.3. The van der Waals surface area contributed by atoms with E-state index in [1.54, 1.807) is 12.2 Å². The quantitative estimate of drug-likeness (QED) is 0.117. The Bertz CT molecular complexity index is 1070. The summed E-state index contributed by atoms with van der Waals surface area (Å²) in [7, 11) is 0. The van der Waals surface area contributed by atoms with Gasteiger partial charge in [0.25, 0.3) is 0 Å². The normalized spacial score (nSPS) is 32.8. The number of aliphatic hydroxyl groups excluding tert-OH is 1. The van der Waals surface area contributed by atoms with Gasteiger partial charge in [0.1, 0.15) is 11.6 Å². The summed E-state index contributed by atoms with van der Waals surface area (Å²) in [6.07, 6.45) is 31.8. The fourth-order valence-corrected chi connectivity index (χ4v) is 9.81. The van der Waals surface area contributed by atoms with Crippen LogP contribution in [0.4, 0.5) is 0 Å². The van der Waals surface area contributed by atoms with Crippen LogP contribution in [0.5, 0.6) is 0 Å². The Morgan fingerprint density at radius 2 is 1.52 bits per heavy atom. The molecule has 0 bridgehead atoms. The molecule has 0 aromatic heterocycles. The topological polar surface area (TPSA) is 71.4 Å². The molecule has 0 aromatic carbocycles. The van der Waals surface area contributed by atoms with E-state index in [2.05, 4.69) is 32.9 Å². The number of allylic oxidation sites excluding steroid dienone is 6. The molecule has 0 heterocycles. The van der Waals surface area contributed by atoms with E-state index in [0.717, 1.165) is 44.9 Å². The Balaban J connectivity index is 1.11. The van der Waals surface area contributed by atoms with E-state index in [1.165, 1.54) is 69.8 Å². The molecule has 3 saturated carbocycles. The van der Waals surface area contributed by atoms with Gasteiger partial charge in [-0.15, -0.1) is 0 Å². The Morgan fingerprint density at radius 3 is 2.23 bits per heavy atom. The van der Waals surface area contributed by atoms with E-state index in [4.69, 9.17) is 0 Å². The molecule has 0 amide bonds. The molecule has 0 aromatic rings. The number of unbranched alkanes of at least 4 members (excludes halogenated alkanes) is 11. The van der Waals surface area contributed by atoms with Crippen LogP contribution in [0.25, 0.3) is 0 Å². The summed E-state index contributed by atoms with van der Waals surface area (Å²) >= 11 is 0. The molecule has 7 unspecified atom stereocenters. The summed E-state index contributed by atoms with van der Waals surface area (Å²) in [5, 5.41) is 11.6. The smallest absolute Gasteiger partial charge is 0.178 e. The van der Waals surface area contributed by atoms with Crippen LogP contribution < -0.4 is 0 Å². The lowest BCUT2D eigenvalue weighted by atomic mass is 9.46. The molecule has 4 rings (SSSR count). The highest BCUT2D eigenvalue weighted by Crippen LogP contribution is 2.66. The molecule has 4 heteroatoms. The summed E-state index contributed by atoms with van der Waals surface area (Å²) in [6.45, 7) is 6.71. The average molecular weight is 607 g/mol. The van der Waals surface area contributed by atoms with Crippen LogP contribution in [-0.2, 0) is 14.4 Å². The number of fused-ring (bicyclic) bond motifs is 5. The molecular formula is C40H62O4. The van der Waals surface area contributed by atoms with Gasteiger partial charge in [0.2, 0.25) is 0 Å². The van der Waals surface area contributed by atoms with Crippen LogP contribution in [0.3, 0.4) is 0 Å². The lowest BCUT2D eigenvalue weighted by molar-refractivity contribution is -0.140. The molecule has 4 aliphatic rings. The summed E-state index contributed by atoms with van der Waals surface area (Å²) in [5.74, 6) is 1.34. The molecule has 0 aliphatic heterocycles. The SMILES string of the molecule is CCCCCCCCCCC/C=C\CCCCC(=O)CCC(=O)C1CCC2C3CCC4=CC(=O)C=CC4(C)C3C(O)CC12C. The minimum Gasteiger partial charge on any atom is -0.393 e. The number of carbonyl (C=O) groups excluding carboxylic acids is 3. The maximum atomic E-state index is 13.5. The van der Waals surface area contributed by atoms with Crippen molar-refractivity contribution in [3.05, 3.63) is 36.0 Å². The van der Waals surface area contributed by atoms with Crippen molar-refractivity contribution in [2.75, 3.05) is 0 Å². The minimum atomic E-state index is -0.484. The first kappa shape index (κ1) is 35.1. The number of ketones is 3. The van der Waals surface area contributed by atoms with Crippen molar-refractivity contribution in [1.29, 1.82) is 0 Å². The Morgan fingerprint density at radius 1 is 0.864 bits per heavy atom. The van der Waals surface area contributed by atoms with E-state index in [-0.39, 0.29) is 40.0 Å². The second kappa shape index (κ2) is 16.7. The highest BCUT2D eigenvalue weighted by Gasteiger charge is 2.62. The monoisotopic (exact) mass is 606 g/mol. The van der Waals surface area contributed by atoms with Crippen molar-refractivity contribution in [2.45, 2.75) is 162 Å². The molecule has 0 saturated heterocycles. The van der Waals surface area contributed by atoms with Gasteiger partial charge in [-0.25, -0.2) is 0 Å². The average Bonchev–Trinajstić information content (AvgIpc) is 3.34. The fraction of sp³-hybridized carbons (Fsp3) is 0.775. The maximum Gasteiger partial charge on any atom is 0.178 e. The predicted molar refractivity (Wildman–Crippen MR) is 180 cm³/mol. The summed E-state index contributed by atoms with van der Waals surface area (Å²) < 4.78 is 0. The molecule has 0 spiro atoms. The highest BCUT2D eigenvalue weighted by atomic mass is 16.3. The number of aliphatic hydroxyl groups is 1. The van der Waals surface area contributed by atoms with Gasteiger partial charge in [-0.05, 0) is 93.6 Å². The van der Waals surface area contributed by atoms with Crippen LogP contribution in [0, 0.1) is 34.5 Å². The lowest BCUT2D eigenvalue weighted by Crippen LogP contribution is -2.56. The number of hydrogen-bond donors (Lipinski definition) is 1. The Kier molecular flexibility index (Phi) is 13.3. The van der Waals surface area contributed by atoms with Crippen molar-refractivity contribution in [3.8, 4) is 0 Å². The standard InChI is InChI=1S/C40H62O4/c1-4-5-6-7-8-9-10-11-12-13-14-15-16-17-18-19-31(41)21-25-36(43)35-24-23-34-33-22-20-30-28-32(42)26-27-39(30,2)38(33)37(44)29-40(34,35)3/h14-15,26-28,33-35,37-38,44H,4-13,16-25,29H2,1-3H3/b15-14-. The van der Waals surface area contributed by atoms with Crippen molar-refractivity contribution < 1.29 is 19.5 Å². The fourth-order valence-electron chi connectivity index (χ4n) is 9.81. The first-order valence-electron chi connectivity index (χ1n) is 18.5. The van der Waals surface area contributed by atoms with Crippen LogP contribution in [0.1, 0.15) is 156 Å². The third-order valence-electron chi connectivity index (χ3n) is 12.2. The van der Waals surface area contributed by atoms with Gasteiger partial charge >= 0.3 is 0 Å². The zero-order valence-electron chi connectivity index (χ0n) is 28.3. The van der Waals surface area contributed by atoms with Gasteiger partial charge in [0.05, 0.1) is 6.10 Å². The number of Topliss-reactive ketones (excluding diaryl/α,β-unsaturated/α-hetero) is 2. The van der Waals surface area contributed by atoms with Gasteiger partial charge in [-0.2, -0.15) is 0 Å². The first-order chi connectivity index (χ1) is 21.2. The van der Waals surface area contributed by atoms with Crippen LogP contribution in [0.2, 0.25) is 0 Å². The Hall–Kier alpha value is -1.81. The number of carbonyl (C=O) groups is 3. The second-order valence-corrected chi connectivity index (χ2v) is 15.3. The lowest BCUT2D eigenvalue weighted by Gasteiger charge is -2.58. The minimum absolute atomic E-state index is 0.0555. The van der Waals surface area contributed by atoms with E-state index < -0.39 is 6.10 Å². The molecule has 3 fully saturated rings. The molecule has 1 N–H and O–H groups in total. The van der Waals surface area contributed by atoms with Gasteiger partial charge in [-0.1, -0.05) is 95.9 Å². The van der Waals surface area contributed by atoms with E-state index in [0.29, 0.717) is 37.5 Å². The summed E-state index contributed by atoms with van der Waals surface area (Å²) in [5.41, 5.74) is 0.699. The largest absolute Gasteiger partial charge is 0.393 e. The van der Waals surface area contributed by atoms with E-state index in [9.17, 15) is 19.5 Å². The zero-order chi connectivity index (χ0) is 31.6. The van der Waals surface area contributed by atoms with Gasteiger partial charge < -0.3 is 5.11 Å². The molecular weight excluding hydrogens is 544 g/mol. The van der Waals surface area contributed by atoms with Crippen LogP contribution in [-0.4, -0.2) is 28.6 Å². The second-order valence-electron chi connectivity index (χ2n) is 15.3. The van der Waals surface area contributed by atoms with Crippen molar-refractivity contribution in [2.24, 2.45) is 34.5 Å². The first-order valence-corrected chi connectivity index (χ1v) is 18.5. The van der Waals surface area contributed by atoms with Gasteiger partial charge in [0.15, 0.2) is 5.78 Å². The summed E-state index contributed by atoms with van der Waals surface area (Å²) in [6, 6.07) is 0. The third-order valence-corrected chi connectivity index (χ3v) is 12.2. The predicted octanol–water partition coefficient (Wildman–Crippen LogP) is 9.84. The molecule has 4 nitrogen and oxygen atoms in total. The highest BCUT2D eigenvalue weighted by molar-refractivity contribution is 6.01. The summed E-state index contributed by atoms with van der Waals surface area (Å²) in [4.78, 5) is 38.2. The van der Waals surface area contributed by atoms with Crippen molar-refractivity contribution in [1.82, 2.24) is 0 Å². The Labute approximate surface area is 268 Å². The third kappa shape index (κ3) is 8.51. The number of rotatable bonds is 19. The molecule has 4 aliphatic carbocycles. The van der Waals surface area contributed by atoms with Crippen LogP contribution >= 0.6 is 0 Å². The molecule has 0 radical (unpaired) electrons. The molecule has 246 valence electrons. The van der Waals surface area contributed by atoms with E-state index >= 15 is 0 Å². The van der Waals surface area contributed by atoms with Crippen molar-refractivity contribution in [3.63, 3.8) is 0 Å².